The first-order valence-corrected chi connectivity index (χ1v) is 18.2. The average Bonchev–Trinajstić information content (AvgIpc) is 3.90. The Balaban J connectivity index is 1.13. The number of anilines is 3. The summed E-state index contributed by atoms with van der Waals surface area (Å²) in [6.07, 6.45) is 0. The van der Waals surface area contributed by atoms with Gasteiger partial charge in [-0.25, -0.2) is 4.99 Å². The van der Waals surface area contributed by atoms with E-state index in [9.17, 15) is 0 Å². The summed E-state index contributed by atoms with van der Waals surface area (Å²) in [5.41, 5.74) is 8.73. The monoisotopic (exact) mass is 687 g/mol. The first-order chi connectivity index (χ1) is 25.8. The summed E-state index contributed by atoms with van der Waals surface area (Å²) in [6, 6.07) is 57.0. The van der Waals surface area contributed by atoms with Crippen LogP contribution in [0.3, 0.4) is 0 Å². The molecule has 0 saturated heterocycles. The zero-order chi connectivity index (χ0) is 34.2. The number of hydrogen-bond donors (Lipinski definition) is 1. The summed E-state index contributed by atoms with van der Waals surface area (Å²) in [5, 5.41) is 9.35. The lowest BCUT2D eigenvalue weighted by atomic mass is 9.99. The van der Waals surface area contributed by atoms with E-state index in [4.69, 9.17) is 13.8 Å². The van der Waals surface area contributed by atoms with Gasteiger partial charge in [-0.2, -0.15) is 0 Å². The molecule has 0 spiro atoms. The van der Waals surface area contributed by atoms with E-state index in [-0.39, 0.29) is 6.04 Å². The first-order valence-electron chi connectivity index (χ1n) is 17.4. The lowest BCUT2D eigenvalue weighted by Gasteiger charge is -2.26. The highest BCUT2D eigenvalue weighted by molar-refractivity contribution is 7.26. The van der Waals surface area contributed by atoms with E-state index in [1.165, 1.54) is 20.2 Å². The molecule has 246 valence electrons. The lowest BCUT2D eigenvalue weighted by Crippen LogP contribution is -2.32. The number of thiophene rings is 1. The molecule has 52 heavy (non-hydrogen) atoms. The number of rotatable bonds is 5. The standard InChI is InChI=1S/C46H29N3O2S/c1-3-13-28(14-4-1)42-45-43(33-18-8-10-23-38(33)51-45)48-46(47-42)29-25-26-39-34(27-29)41-35(20-12-24-40(41)52-39)49(30-15-5-2-6-16-30)36-21-11-19-32-31-17-7-9-22-37(31)50-44(32)36/h1-27,42H,(H,47,48). The molecule has 0 aliphatic carbocycles. The van der Waals surface area contributed by atoms with Crippen molar-refractivity contribution < 1.29 is 8.83 Å². The molecule has 0 amide bonds. The van der Waals surface area contributed by atoms with Crippen molar-refractivity contribution in [1.29, 1.82) is 0 Å². The molecule has 6 heteroatoms. The molecular formula is C46H29N3O2S. The first kappa shape index (κ1) is 29.1. The summed E-state index contributed by atoms with van der Waals surface area (Å²) in [4.78, 5) is 7.60. The number of benzene rings is 7. The zero-order valence-corrected chi connectivity index (χ0v) is 28.6. The normalized spacial score (nSPS) is 14.2. The fourth-order valence-electron chi connectivity index (χ4n) is 7.77. The van der Waals surface area contributed by atoms with Gasteiger partial charge in [0, 0.05) is 47.6 Å². The maximum atomic E-state index is 6.62. The van der Waals surface area contributed by atoms with E-state index in [2.05, 4.69) is 138 Å². The van der Waals surface area contributed by atoms with Crippen LogP contribution < -0.4 is 10.2 Å². The predicted octanol–water partition coefficient (Wildman–Crippen LogP) is 12.9. The van der Waals surface area contributed by atoms with Crippen LogP contribution in [0.25, 0.3) is 53.1 Å². The number of aliphatic imine (C=N–C) groups is 1. The van der Waals surface area contributed by atoms with E-state index in [0.29, 0.717) is 0 Å². The molecule has 0 radical (unpaired) electrons. The highest BCUT2D eigenvalue weighted by Crippen LogP contribution is 2.48. The molecule has 4 heterocycles. The molecule has 0 fully saturated rings. The Labute approximate surface area is 302 Å². The Morgan fingerprint density at radius 3 is 2.10 bits per heavy atom. The van der Waals surface area contributed by atoms with Crippen LogP contribution >= 0.6 is 11.3 Å². The van der Waals surface area contributed by atoms with Gasteiger partial charge in [0.25, 0.3) is 0 Å². The summed E-state index contributed by atoms with van der Waals surface area (Å²) in [5.74, 6) is 1.65. The predicted molar refractivity (Wildman–Crippen MR) is 215 cm³/mol. The van der Waals surface area contributed by atoms with Crippen LogP contribution in [-0.2, 0) is 0 Å². The van der Waals surface area contributed by atoms with Gasteiger partial charge in [-0.05, 0) is 72.3 Å². The van der Waals surface area contributed by atoms with E-state index >= 15 is 0 Å². The van der Waals surface area contributed by atoms with Gasteiger partial charge in [-0.3, -0.25) is 0 Å². The molecule has 7 aromatic carbocycles. The van der Waals surface area contributed by atoms with Crippen molar-refractivity contribution in [3.63, 3.8) is 0 Å². The number of furan rings is 2. The van der Waals surface area contributed by atoms with Gasteiger partial charge < -0.3 is 19.1 Å². The lowest BCUT2D eigenvalue weighted by molar-refractivity contribution is 0.504. The Morgan fingerprint density at radius 1 is 0.558 bits per heavy atom. The Morgan fingerprint density at radius 2 is 1.25 bits per heavy atom. The number of para-hydroxylation sites is 4. The second-order valence-electron chi connectivity index (χ2n) is 13.1. The van der Waals surface area contributed by atoms with Crippen LogP contribution in [0, 0.1) is 0 Å². The third-order valence-electron chi connectivity index (χ3n) is 10.1. The van der Waals surface area contributed by atoms with Crippen molar-refractivity contribution in [2.24, 2.45) is 4.99 Å². The topological polar surface area (TPSA) is 53.9 Å². The molecule has 11 rings (SSSR count). The fraction of sp³-hybridized carbons (Fsp3) is 0.0217. The Kier molecular flexibility index (Phi) is 6.42. The van der Waals surface area contributed by atoms with Crippen molar-refractivity contribution in [2.75, 3.05) is 4.90 Å². The van der Waals surface area contributed by atoms with Gasteiger partial charge in [0.1, 0.15) is 28.7 Å². The smallest absolute Gasteiger partial charge is 0.159 e. The molecule has 5 nitrogen and oxygen atoms in total. The second-order valence-corrected chi connectivity index (χ2v) is 14.2. The molecular weight excluding hydrogens is 659 g/mol. The third-order valence-corrected chi connectivity index (χ3v) is 11.3. The van der Waals surface area contributed by atoms with Gasteiger partial charge in [0.2, 0.25) is 0 Å². The van der Waals surface area contributed by atoms with Crippen LogP contribution in [0.5, 0.6) is 0 Å². The van der Waals surface area contributed by atoms with Crippen LogP contribution in [0.15, 0.2) is 178 Å². The Hall–Kier alpha value is -6.63. The van der Waals surface area contributed by atoms with Gasteiger partial charge in [0.05, 0.1) is 11.4 Å². The van der Waals surface area contributed by atoms with Gasteiger partial charge in [-0.15, -0.1) is 11.3 Å². The molecule has 0 saturated carbocycles. The highest BCUT2D eigenvalue weighted by Gasteiger charge is 2.30. The summed E-state index contributed by atoms with van der Waals surface area (Å²) in [7, 11) is 0. The molecule has 3 aromatic heterocycles. The number of nitrogens with zero attached hydrogens (tertiary/aromatic N) is 2. The molecule has 1 unspecified atom stereocenters. The number of amidine groups is 1. The van der Waals surface area contributed by atoms with Crippen LogP contribution in [0.2, 0.25) is 0 Å². The van der Waals surface area contributed by atoms with Gasteiger partial charge in [0.15, 0.2) is 11.3 Å². The number of fused-ring (bicyclic) bond motifs is 9. The summed E-state index contributed by atoms with van der Waals surface area (Å²) in [6.45, 7) is 0. The van der Waals surface area contributed by atoms with E-state index < -0.39 is 0 Å². The minimum atomic E-state index is -0.181. The third kappa shape index (κ3) is 4.44. The van der Waals surface area contributed by atoms with Crippen molar-refractivity contribution in [3.8, 4) is 0 Å². The summed E-state index contributed by atoms with van der Waals surface area (Å²) < 4.78 is 15.5. The SMILES string of the molecule is c1ccc(C2NC(c3ccc4sc5cccc(N(c6ccccc6)c6cccc7c6oc6ccccc67)c5c4c3)=Nc3c2oc2ccccc32)cc1. The molecule has 0 bridgehead atoms. The van der Waals surface area contributed by atoms with Crippen molar-refractivity contribution >= 4 is 93.0 Å². The number of nitrogens with one attached hydrogen (secondary N) is 1. The van der Waals surface area contributed by atoms with Crippen LogP contribution in [-0.4, -0.2) is 5.84 Å². The second kappa shape index (κ2) is 11.5. The van der Waals surface area contributed by atoms with Crippen LogP contribution in [0.4, 0.5) is 22.7 Å². The minimum absolute atomic E-state index is 0.181. The van der Waals surface area contributed by atoms with E-state index in [1.807, 2.05) is 47.7 Å². The van der Waals surface area contributed by atoms with Gasteiger partial charge in [-0.1, -0.05) is 97.1 Å². The fourth-order valence-corrected chi connectivity index (χ4v) is 8.88. The molecule has 1 atom stereocenters. The minimum Gasteiger partial charge on any atom is -0.456 e. The maximum absolute atomic E-state index is 6.62. The molecule has 1 aliphatic rings. The van der Waals surface area contributed by atoms with Crippen molar-refractivity contribution in [2.45, 2.75) is 6.04 Å². The summed E-state index contributed by atoms with van der Waals surface area (Å²) >= 11 is 1.81. The average molecular weight is 688 g/mol. The van der Waals surface area contributed by atoms with Gasteiger partial charge >= 0.3 is 0 Å². The largest absolute Gasteiger partial charge is 0.456 e. The van der Waals surface area contributed by atoms with E-state index in [0.717, 1.165) is 78.4 Å². The zero-order valence-electron chi connectivity index (χ0n) is 27.8. The maximum Gasteiger partial charge on any atom is 0.159 e. The number of hydrogen-bond acceptors (Lipinski definition) is 6. The van der Waals surface area contributed by atoms with Crippen LogP contribution in [0.1, 0.15) is 22.9 Å². The molecule has 1 N–H and O–H groups in total. The van der Waals surface area contributed by atoms with E-state index in [1.54, 1.807) is 0 Å². The molecule has 1 aliphatic heterocycles. The molecule has 10 aromatic rings. The van der Waals surface area contributed by atoms with Crippen molar-refractivity contribution in [3.05, 3.63) is 181 Å². The van der Waals surface area contributed by atoms with Crippen molar-refractivity contribution in [1.82, 2.24) is 5.32 Å². The Bertz CT molecular complexity index is 3010. The quantitative estimate of drug-likeness (QED) is 0.196. The highest BCUT2D eigenvalue weighted by atomic mass is 32.1.